The van der Waals surface area contributed by atoms with E-state index in [1.54, 1.807) is 33.5 Å². The molecule has 0 aliphatic rings. The van der Waals surface area contributed by atoms with Gasteiger partial charge in [-0.3, -0.25) is 23.7 Å². The van der Waals surface area contributed by atoms with Crippen molar-refractivity contribution in [2.75, 3.05) is 5.32 Å². The molecule has 152 valence electrons. The molecule has 3 rings (SSSR count). The lowest BCUT2D eigenvalue weighted by molar-refractivity contribution is -0.124. The zero-order valence-electron chi connectivity index (χ0n) is 16.5. The molecule has 3 aromatic heterocycles. The van der Waals surface area contributed by atoms with Gasteiger partial charge in [-0.2, -0.15) is 0 Å². The maximum absolute atomic E-state index is 12.4. The van der Waals surface area contributed by atoms with Crippen LogP contribution in [0.4, 0.5) is 5.82 Å². The highest BCUT2D eigenvalue weighted by atomic mass is 16.2. The summed E-state index contributed by atoms with van der Waals surface area (Å²) in [5.74, 6) is -0.189. The van der Waals surface area contributed by atoms with Crippen LogP contribution in [0.25, 0.3) is 11.2 Å². The minimum atomic E-state index is -0.315. The minimum absolute atomic E-state index is 0.0321. The Balaban J connectivity index is 1.58. The van der Waals surface area contributed by atoms with E-state index in [4.69, 9.17) is 0 Å². The molecule has 3 aromatic rings. The molecular formula is C20H24N6O3. The van der Waals surface area contributed by atoms with Crippen LogP contribution in [-0.2, 0) is 29.2 Å². The highest BCUT2D eigenvalue weighted by Crippen LogP contribution is 2.15. The molecule has 0 aromatic carbocycles. The molecule has 0 spiro atoms. The number of hydrogen-bond acceptors (Lipinski definition) is 5. The number of amides is 2. The van der Waals surface area contributed by atoms with Crippen LogP contribution in [0.2, 0.25) is 0 Å². The van der Waals surface area contributed by atoms with Gasteiger partial charge in [0.15, 0.2) is 5.65 Å². The Morgan fingerprint density at radius 3 is 2.45 bits per heavy atom. The molecule has 9 heteroatoms. The number of rotatable bonds is 8. The van der Waals surface area contributed by atoms with Gasteiger partial charge in [-0.05, 0) is 38.1 Å². The van der Waals surface area contributed by atoms with Crippen LogP contribution < -0.4 is 16.3 Å². The van der Waals surface area contributed by atoms with Crippen molar-refractivity contribution in [2.24, 2.45) is 0 Å². The zero-order valence-corrected chi connectivity index (χ0v) is 16.5. The number of fused-ring (bicyclic) bond motifs is 1. The molecule has 0 aliphatic heterocycles. The Labute approximate surface area is 167 Å². The van der Waals surface area contributed by atoms with Crippen LogP contribution in [0, 0.1) is 0 Å². The average molecular weight is 396 g/mol. The second-order valence-corrected chi connectivity index (χ2v) is 6.46. The van der Waals surface area contributed by atoms with Gasteiger partial charge in [-0.15, -0.1) is 0 Å². The summed E-state index contributed by atoms with van der Waals surface area (Å²) in [5.41, 5.74) is 1.89. The van der Waals surface area contributed by atoms with Gasteiger partial charge in [0, 0.05) is 32.1 Å². The van der Waals surface area contributed by atoms with Crippen molar-refractivity contribution in [3.63, 3.8) is 0 Å². The summed E-state index contributed by atoms with van der Waals surface area (Å²) in [6.45, 7) is 5.13. The first-order valence-corrected chi connectivity index (χ1v) is 9.60. The van der Waals surface area contributed by atoms with E-state index >= 15 is 0 Å². The van der Waals surface area contributed by atoms with Gasteiger partial charge in [-0.1, -0.05) is 6.07 Å². The molecule has 0 radical (unpaired) electrons. The molecule has 2 amide bonds. The van der Waals surface area contributed by atoms with Gasteiger partial charge >= 0.3 is 5.69 Å². The van der Waals surface area contributed by atoms with E-state index in [1.807, 2.05) is 26.0 Å². The van der Waals surface area contributed by atoms with Crippen molar-refractivity contribution in [3.05, 3.63) is 52.7 Å². The maximum atomic E-state index is 12.4. The highest BCUT2D eigenvalue weighted by molar-refractivity contribution is 5.93. The molecule has 0 atom stereocenters. The Morgan fingerprint density at radius 1 is 1.00 bits per heavy atom. The number of imidazole rings is 1. The SMILES string of the molecule is CCn1c(=O)n(CC)c2nc(NC(=O)CCC(=O)NCc3ccccn3)ccc21. The van der Waals surface area contributed by atoms with Crippen LogP contribution in [0.15, 0.2) is 41.3 Å². The van der Waals surface area contributed by atoms with Crippen molar-refractivity contribution in [3.8, 4) is 0 Å². The van der Waals surface area contributed by atoms with E-state index in [-0.39, 0.29) is 30.3 Å². The first-order chi connectivity index (χ1) is 14.0. The Hall–Kier alpha value is -3.49. The summed E-state index contributed by atoms with van der Waals surface area (Å²) in [5, 5.41) is 5.43. The van der Waals surface area contributed by atoms with Gasteiger partial charge in [0.2, 0.25) is 11.8 Å². The lowest BCUT2D eigenvalue weighted by Crippen LogP contribution is -2.25. The molecule has 3 heterocycles. The molecule has 0 aliphatic carbocycles. The largest absolute Gasteiger partial charge is 0.350 e. The fourth-order valence-electron chi connectivity index (χ4n) is 3.06. The molecule has 0 bridgehead atoms. The summed E-state index contributed by atoms with van der Waals surface area (Å²) in [7, 11) is 0. The van der Waals surface area contributed by atoms with Gasteiger partial charge in [0.25, 0.3) is 0 Å². The van der Waals surface area contributed by atoms with E-state index < -0.39 is 0 Å². The summed E-state index contributed by atoms with van der Waals surface area (Å²) >= 11 is 0. The number of carbonyl (C=O) groups is 2. The van der Waals surface area contributed by atoms with Gasteiger partial charge < -0.3 is 10.6 Å². The number of nitrogens with zero attached hydrogens (tertiary/aromatic N) is 4. The van der Waals surface area contributed by atoms with E-state index in [1.165, 1.54) is 0 Å². The third-order valence-electron chi connectivity index (χ3n) is 4.53. The summed E-state index contributed by atoms with van der Waals surface area (Å²) in [6.07, 6.45) is 1.75. The van der Waals surface area contributed by atoms with Crippen LogP contribution in [0.1, 0.15) is 32.4 Å². The second-order valence-electron chi connectivity index (χ2n) is 6.46. The third-order valence-corrected chi connectivity index (χ3v) is 4.53. The van der Waals surface area contributed by atoms with Crippen molar-refractivity contribution in [1.82, 2.24) is 24.4 Å². The molecule has 29 heavy (non-hydrogen) atoms. The van der Waals surface area contributed by atoms with Crippen molar-refractivity contribution in [1.29, 1.82) is 0 Å². The number of carbonyl (C=O) groups excluding carboxylic acids is 2. The standard InChI is InChI=1S/C20H24N6O3/c1-3-25-15-8-9-16(24-19(15)26(4-2)20(25)29)23-18(28)11-10-17(27)22-13-14-7-5-6-12-21-14/h5-9,12H,3-4,10-11,13H2,1-2H3,(H,22,27)(H,23,24,28). The monoisotopic (exact) mass is 396 g/mol. The normalized spacial score (nSPS) is 10.8. The van der Waals surface area contributed by atoms with Crippen LogP contribution >= 0.6 is 0 Å². The van der Waals surface area contributed by atoms with E-state index in [9.17, 15) is 14.4 Å². The second kappa shape index (κ2) is 9.13. The van der Waals surface area contributed by atoms with Crippen LogP contribution in [-0.4, -0.2) is 30.9 Å². The molecule has 0 saturated carbocycles. The fourth-order valence-corrected chi connectivity index (χ4v) is 3.06. The summed E-state index contributed by atoms with van der Waals surface area (Å²) in [4.78, 5) is 45.0. The van der Waals surface area contributed by atoms with Crippen LogP contribution in [0.5, 0.6) is 0 Å². The van der Waals surface area contributed by atoms with Crippen molar-refractivity contribution in [2.45, 2.75) is 46.3 Å². The van der Waals surface area contributed by atoms with E-state index in [2.05, 4.69) is 20.6 Å². The average Bonchev–Trinajstić information content (AvgIpc) is 3.01. The van der Waals surface area contributed by atoms with Crippen molar-refractivity contribution >= 4 is 28.8 Å². The predicted octanol–water partition coefficient (Wildman–Crippen LogP) is 1.67. The number of nitrogens with one attached hydrogen (secondary N) is 2. The number of pyridine rings is 2. The lowest BCUT2D eigenvalue weighted by atomic mass is 10.2. The predicted molar refractivity (Wildman–Crippen MR) is 109 cm³/mol. The zero-order chi connectivity index (χ0) is 20.8. The molecule has 0 unspecified atom stereocenters. The fraction of sp³-hybridized carbons (Fsp3) is 0.350. The molecular weight excluding hydrogens is 372 g/mol. The third kappa shape index (κ3) is 4.68. The quantitative estimate of drug-likeness (QED) is 0.602. The Kier molecular flexibility index (Phi) is 6.38. The molecule has 0 fully saturated rings. The first-order valence-electron chi connectivity index (χ1n) is 9.60. The first kappa shape index (κ1) is 20.2. The van der Waals surface area contributed by atoms with Gasteiger partial charge in [0.05, 0.1) is 17.8 Å². The smallest absolute Gasteiger partial charge is 0.330 e. The summed E-state index contributed by atoms with van der Waals surface area (Å²) < 4.78 is 3.21. The number of aromatic nitrogens is 4. The number of aryl methyl sites for hydroxylation is 2. The topological polar surface area (TPSA) is 111 Å². The molecule has 0 saturated heterocycles. The Bertz CT molecular complexity index is 1070. The van der Waals surface area contributed by atoms with E-state index in [0.29, 0.717) is 31.1 Å². The molecule has 9 nitrogen and oxygen atoms in total. The van der Waals surface area contributed by atoms with E-state index in [0.717, 1.165) is 11.2 Å². The van der Waals surface area contributed by atoms with Crippen LogP contribution in [0.3, 0.4) is 0 Å². The van der Waals surface area contributed by atoms with Gasteiger partial charge in [0.1, 0.15) is 5.82 Å². The number of hydrogen-bond donors (Lipinski definition) is 2. The van der Waals surface area contributed by atoms with Crippen molar-refractivity contribution < 1.29 is 9.59 Å². The number of anilines is 1. The lowest BCUT2D eigenvalue weighted by Gasteiger charge is -2.07. The molecule has 2 N–H and O–H groups in total. The summed E-state index contributed by atoms with van der Waals surface area (Å²) in [6, 6.07) is 8.90. The highest BCUT2D eigenvalue weighted by Gasteiger charge is 2.14. The van der Waals surface area contributed by atoms with Gasteiger partial charge in [-0.25, -0.2) is 9.78 Å². The minimum Gasteiger partial charge on any atom is -0.350 e. The Morgan fingerprint density at radius 2 is 1.76 bits per heavy atom. The maximum Gasteiger partial charge on any atom is 0.330 e.